The van der Waals surface area contributed by atoms with Crippen molar-refractivity contribution >= 4 is 5.91 Å². The third-order valence-electron chi connectivity index (χ3n) is 16.9. The molecule has 2 spiro atoms. The van der Waals surface area contributed by atoms with Gasteiger partial charge in [-0.05, 0) is 130 Å². The van der Waals surface area contributed by atoms with Gasteiger partial charge < -0.3 is 39.7 Å². The topological polar surface area (TPSA) is 121 Å². The Morgan fingerprint density at radius 1 is 1.06 bits per heavy atom. The van der Waals surface area contributed by atoms with Crippen molar-refractivity contribution in [2.24, 2.45) is 56.7 Å². The molecule has 8 rings (SSSR count). The number of aliphatic hydroxyl groups excluding tert-OH is 2. The first-order valence-corrected chi connectivity index (χ1v) is 19.5. The van der Waals surface area contributed by atoms with Gasteiger partial charge in [0, 0.05) is 18.4 Å². The van der Waals surface area contributed by atoms with Crippen molar-refractivity contribution in [1.29, 1.82) is 0 Å². The molecular formula is C39H64N2O7. The zero-order valence-electron chi connectivity index (χ0n) is 30.7. The lowest BCUT2D eigenvalue weighted by molar-refractivity contribution is -0.248. The maximum absolute atomic E-state index is 13.0. The molecule has 10 unspecified atom stereocenters. The van der Waals surface area contributed by atoms with Crippen LogP contribution >= 0.6 is 0 Å². The second-order valence-corrected chi connectivity index (χ2v) is 19.6. The maximum Gasteiger partial charge on any atom is 0.223 e. The lowest BCUT2D eigenvalue weighted by Crippen LogP contribution is -2.60. The number of nitrogens with one attached hydrogen (secondary N) is 1. The SMILES string of the molecule is C[C@@H]1CC(C(O)C(C)(C)O)OC2C1C1(C)CCC34CC35CCC(OC3CN(C(=O)CC6CNC6)CCO3)C(C)(C)[C@@H]5CCC4[C@]1(C)[C@H]2O. The highest BCUT2D eigenvalue weighted by Gasteiger charge is 2.84. The number of carbonyl (C=O) groups is 1. The Morgan fingerprint density at radius 2 is 1.77 bits per heavy atom. The molecule has 9 heteroatoms. The zero-order chi connectivity index (χ0) is 34.2. The van der Waals surface area contributed by atoms with Crippen molar-refractivity contribution in [1.82, 2.24) is 10.2 Å². The zero-order valence-corrected chi connectivity index (χ0v) is 30.7. The number of ether oxygens (including phenoxy) is 3. The Balaban J connectivity index is 0.994. The number of nitrogens with zero attached hydrogens (tertiary/aromatic N) is 1. The summed E-state index contributed by atoms with van der Waals surface area (Å²) < 4.78 is 19.7. The summed E-state index contributed by atoms with van der Waals surface area (Å²) in [5.74, 6) is 2.22. The number of morpholine rings is 1. The number of fused-ring (bicyclic) bond motifs is 4. The summed E-state index contributed by atoms with van der Waals surface area (Å²) in [6, 6.07) is 0. The van der Waals surface area contributed by atoms with Crippen LogP contribution in [0, 0.1) is 56.7 Å². The Hall–Kier alpha value is -0.810. The van der Waals surface area contributed by atoms with E-state index in [4.69, 9.17) is 14.2 Å². The lowest BCUT2D eigenvalue weighted by Gasteiger charge is -2.64. The van der Waals surface area contributed by atoms with E-state index in [1.165, 1.54) is 12.8 Å². The molecule has 3 heterocycles. The molecule has 8 fully saturated rings. The second kappa shape index (κ2) is 11.1. The van der Waals surface area contributed by atoms with Gasteiger partial charge in [-0.25, -0.2) is 0 Å². The van der Waals surface area contributed by atoms with E-state index in [1.54, 1.807) is 13.8 Å². The molecule has 3 aliphatic heterocycles. The summed E-state index contributed by atoms with van der Waals surface area (Å²) >= 11 is 0. The van der Waals surface area contributed by atoms with E-state index in [1.807, 2.05) is 4.90 Å². The first-order valence-electron chi connectivity index (χ1n) is 19.5. The highest BCUT2D eigenvalue weighted by atomic mass is 16.7. The van der Waals surface area contributed by atoms with Gasteiger partial charge in [-0.1, -0.05) is 34.6 Å². The van der Waals surface area contributed by atoms with Gasteiger partial charge in [-0.15, -0.1) is 0 Å². The molecule has 0 aromatic heterocycles. The molecule has 8 aliphatic rings. The van der Waals surface area contributed by atoms with Crippen LogP contribution in [-0.4, -0.2) is 101 Å². The summed E-state index contributed by atoms with van der Waals surface area (Å²) in [7, 11) is 0. The summed E-state index contributed by atoms with van der Waals surface area (Å²) in [6.45, 7) is 18.9. The van der Waals surface area contributed by atoms with Crippen molar-refractivity contribution in [2.45, 2.75) is 149 Å². The first kappa shape index (κ1) is 34.3. The minimum absolute atomic E-state index is 0.0119. The van der Waals surface area contributed by atoms with Crippen LogP contribution in [0.15, 0.2) is 0 Å². The predicted octanol–water partition coefficient (Wildman–Crippen LogP) is 4.11. The minimum atomic E-state index is -1.26. The van der Waals surface area contributed by atoms with Crippen molar-refractivity contribution in [3.63, 3.8) is 0 Å². The number of hydrogen-bond donors (Lipinski definition) is 4. The second-order valence-electron chi connectivity index (χ2n) is 19.6. The Labute approximate surface area is 288 Å². The van der Waals surface area contributed by atoms with Gasteiger partial charge in [0.1, 0.15) is 6.10 Å². The molecule has 5 saturated carbocycles. The van der Waals surface area contributed by atoms with E-state index in [0.29, 0.717) is 56.2 Å². The standard InChI is InChI=1S/C39H64N2O7/c1-22-16-24(32(43)35(4,5)45)47-31-30(22)36(6)12-13-39-21-38(39)11-10-27(34(2,3)25(38)8-9-26(39)37(36,7)33(31)44)48-29-20-41(14-15-46-29)28(42)17-23-18-40-19-23/h22-27,29-33,40,43-45H,8-21H2,1-7H3/t22-,24?,25+,26?,27?,29?,30?,31?,32?,33+,36?,37-,38?,39?/m1/s1. The molecule has 0 radical (unpaired) electrons. The number of amides is 1. The summed E-state index contributed by atoms with van der Waals surface area (Å²) in [4.78, 5) is 15.0. The fourth-order valence-corrected chi connectivity index (χ4v) is 14.2. The van der Waals surface area contributed by atoms with E-state index < -0.39 is 23.9 Å². The molecular weight excluding hydrogens is 608 g/mol. The average Bonchev–Trinajstić information content (AvgIpc) is 3.64. The summed E-state index contributed by atoms with van der Waals surface area (Å²) in [5.41, 5.74) is -1.04. The van der Waals surface area contributed by atoms with Gasteiger partial charge in [0.05, 0.1) is 43.2 Å². The highest BCUT2D eigenvalue weighted by Crippen LogP contribution is 2.89. The van der Waals surface area contributed by atoms with Crippen LogP contribution in [0.2, 0.25) is 0 Å². The van der Waals surface area contributed by atoms with Crippen molar-refractivity contribution < 1.29 is 34.3 Å². The smallest absolute Gasteiger partial charge is 0.223 e. The van der Waals surface area contributed by atoms with Gasteiger partial charge in [-0.3, -0.25) is 4.79 Å². The van der Waals surface area contributed by atoms with E-state index in [0.717, 1.165) is 45.2 Å². The molecule has 1 amide bonds. The van der Waals surface area contributed by atoms with Crippen molar-refractivity contribution in [3.05, 3.63) is 0 Å². The molecule has 48 heavy (non-hydrogen) atoms. The Morgan fingerprint density at radius 3 is 2.46 bits per heavy atom. The third-order valence-corrected chi connectivity index (χ3v) is 16.9. The molecule has 9 nitrogen and oxygen atoms in total. The molecule has 0 bridgehead atoms. The van der Waals surface area contributed by atoms with E-state index in [9.17, 15) is 20.1 Å². The van der Waals surface area contributed by atoms with E-state index >= 15 is 0 Å². The van der Waals surface area contributed by atoms with Crippen LogP contribution in [0.5, 0.6) is 0 Å². The van der Waals surface area contributed by atoms with Crippen LogP contribution in [0.3, 0.4) is 0 Å². The maximum atomic E-state index is 13.0. The number of rotatable bonds is 6. The molecule has 5 aliphatic carbocycles. The molecule has 0 aromatic rings. The molecule has 4 N–H and O–H groups in total. The lowest BCUT2D eigenvalue weighted by atomic mass is 9.41. The highest BCUT2D eigenvalue weighted by molar-refractivity contribution is 5.76. The van der Waals surface area contributed by atoms with Crippen LogP contribution in [0.4, 0.5) is 0 Å². The van der Waals surface area contributed by atoms with Gasteiger partial charge in [0.2, 0.25) is 5.91 Å². The Bertz CT molecular complexity index is 1280. The first-order chi connectivity index (χ1) is 22.5. The van der Waals surface area contributed by atoms with Crippen molar-refractivity contribution in [2.75, 3.05) is 32.8 Å². The largest absolute Gasteiger partial charge is 0.390 e. The van der Waals surface area contributed by atoms with Gasteiger partial charge >= 0.3 is 0 Å². The molecule has 3 saturated heterocycles. The summed E-state index contributed by atoms with van der Waals surface area (Å²) in [6.07, 6.45) is 6.70. The predicted molar refractivity (Wildman–Crippen MR) is 181 cm³/mol. The van der Waals surface area contributed by atoms with Gasteiger partial charge in [0.15, 0.2) is 6.29 Å². The number of aliphatic hydroxyl groups is 3. The fourth-order valence-electron chi connectivity index (χ4n) is 14.2. The molecule has 14 atom stereocenters. The van der Waals surface area contributed by atoms with E-state index in [-0.39, 0.29) is 57.4 Å². The minimum Gasteiger partial charge on any atom is -0.390 e. The number of carbonyl (C=O) groups excluding carboxylic acids is 1. The van der Waals surface area contributed by atoms with Gasteiger partial charge in [0.25, 0.3) is 0 Å². The van der Waals surface area contributed by atoms with Crippen LogP contribution in [0.25, 0.3) is 0 Å². The Kier molecular flexibility index (Phi) is 7.93. The van der Waals surface area contributed by atoms with Crippen molar-refractivity contribution in [3.8, 4) is 0 Å². The third kappa shape index (κ3) is 4.55. The average molecular weight is 673 g/mol. The normalized spacial score (nSPS) is 51.8. The van der Waals surface area contributed by atoms with Crippen LogP contribution < -0.4 is 5.32 Å². The quantitative estimate of drug-likeness (QED) is 0.333. The fraction of sp³-hybridized carbons (Fsp3) is 0.974. The van der Waals surface area contributed by atoms with Gasteiger partial charge in [-0.2, -0.15) is 0 Å². The monoisotopic (exact) mass is 672 g/mol. The molecule has 272 valence electrons. The van der Waals surface area contributed by atoms with Crippen LogP contribution in [-0.2, 0) is 19.0 Å². The molecule has 0 aromatic carbocycles. The van der Waals surface area contributed by atoms with E-state index in [2.05, 4.69) is 39.9 Å². The summed E-state index contributed by atoms with van der Waals surface area (Å²) in [5, 5.41) is 37.4. The number of hydrogen-bond acceptors (Lipinski definition) is 8. The van der Waals surface area contributed by atoms with Crippen LogP contribution in [0.1, 0.15) is 106 Å².